The number of rotatable bonds is 9. The van der Waals surface area contributed by atoms with E-state index >= 15 is 0 Å². The Kier molecular flexibility index (Phi) is 9.28. The number of hydrogen-bond donors (Lipinski definition) is 0. The lowest BCUT2D eigenvalue weighted by atomic mass is 10.0. The molecule has 1 aromatic heterocycles. The summed E-state index contributed by atoms with van der Waals surface area (Å²) in [4.78, 5) is 30.6. The minimum atomic E-state index is -0.596. The summed E-state index contributed by atoms with van der Waals surface area (Å²) in [6, 6.07) is 33.3. The van der Waals surface area contributed by atoms with Gasteiger partial charge in [-0.1, -0.05) is 60.4 Å². The smallest absolute Gasteiger partial charge is 0.347 e. The molecule has 1 heterocycles. The molecular formula is C39H29NO6S. The molecule has 0 unspecified atom stereocenters. The van der Waals surface area contributed by atoms with Crippen LogP contribution in [0.15, 0.2) is 109 Å². The van der Waals surface area contributed by atoms with Crippen molar-refractivity contribution >= 4 is 33.3 Å². The number of aromatic nitrogens is 1. The molecule has 7 nitrogen and oxygen atoms in total. The Hall–Kier alpha value is -5.91. The summed E-state index contributed by atoms with van der Waals surface area (Å²) in [5.41, 5.74) is 5.32. The second-order valence-corrected chi connectivity index (χ2v) is 11.5. The standard InChI is InChI=1S/C39H29NO6S/c1-43-34-24-36(45-3)35(44-2)23-31(34)39(42)46-30-20-14-26(15-21-30)9-8-25-10-12-27(13-11-25)22-33(41)28-16-18-29(19-17-28)38-40-32-6-4-5-7-37(32)47-38/h4-7,10-21,23-24H,22H2,1-3H3. The van der Waals surface area contributed by atoms with Gasteiger partial charge < -0.3 is 18.9 Å². The number of ether oxygens (including phenoxy) is 4. The zero-order valence-electron chi connectivity index (χ0n) is 25.9. The fourth-order valence-corrected chi connectivity index (χ4v) is 5.86. The molecule has 0 N–H and O–H groups in total. The first kappa shape index (κ1) is 31.1. The monoisotopic (exact) mass is 639 g/mol. The van der Waals surface area contributed by atoms with Gasteiger partial charge in [-0.05, 0) is 54.1 Å². The molecule has 0 saturated heterocycles. The highest BCUT2D eigenvalue weighted by Crippen LogP contribution is 2.35. The number of hydrogen-bond acceptors (Lipinski definition) is 8. The van der Waals surface area contributed by atoms with Gasteiger partial charge in [0, 0.05) is 40.8 Å². The maximum Gasteiger partial charge on any atom is 0.347 e. The molecule has 8 heteroatoms. The van der Waals surface area contributed by atoms with E-state index in [2.05, 4.69) is 17.9 Å². The summed E-state index contributed by atoms with van der Waals surface area (Å²) in [5, 5.41) is 0.938. The first-order chi connectivity index (χ1) is 22.9. The number of benzene rings is 5. The molecule has 6 rings (SSSR count). The van der Waals surface area contributed by atoms with Crippen LogP contribution in [0.4, 0.5) is 0 Å². The normalized spacial score (nSPS) is 10.5. The van der Waals surface area contributed by atoms with Crippen LogP contribution in [-0.2, 0) is 6.42 Å². The molecule has 0 saturated carbocycles. The zero-order chi connectivity index (χ0) is 32.8. The average molecular weight is 640 g/mol. The zero-order valence-corrected chi connectivity index (χ0v) is 26.7. The van der Waals surface area contributed by atoms with E-state index in [-0.39, 0.29) is 11.3 Å². The van der Waals surface area contributed by atoms with Crippen LogP contribution in [-0.4, -0.2) is 38.1 Å². The Labute approximate surface area is 276 Å². The molecule has 0 atom stereocenters. The Morgan fingerprint density at radius 1 is 0.702 bits per heavy atom. The number of fused-ring (bicyclic) bond motifs is 1. The van der Waals surface area contributed by atoms with E-state index in [0.29, 0.717) is 35.0 Å². The molecule has 0 fully saturated rings. The summed E-state index contributed by atoms with van der Waals surface area (Å²) < 4.78 is 22.6. The molecular weight excluding hydrogens is 610 g/mol. The quantitative estimate of drug-likeness (QED) is 0.0685. The lowest BCUT2D eigenvalue weighted by molar-refractivity contribution is 0.0730. The fraction of sp³-hybridized carbons (Fsp3) is 0.103. The van der Waals surface area contributed by atoms with Crippen LogP contribution < -0.4 is 18.9 Å². The topological polar surface area (TPSA) is 84.0 Å². The Balaban J connectivity index is 1.05. The second kappa shape index (κ2) is 14.0. The minimum absolute atomic E-state index is 0.0463. The van der Waals surface area contributed by atoms with Crippen molar-refractivity contribution in [2.45, 2.75) is 6.42 Å². The molecule has 232 valence electrons. The molecule has 0 aliphatic rings. The van der Waals surface area contributed by atoms with Crippen LogP contribution in [0.5, 0.6) is 23.0 Å². The molecule has 0 radical (unpaired) electrons. The summed E-state index contributed by atoms with van der Waals surface area (Å²) in [6.45, 7) is 0. The van der Waals surface area contributed by atoms with Gasteiger partial charge in [0.15, 0.2) is 17.3 Å². The van der Waals surface area contributed by atoms with Crippen molar-refractivity contribution in [3.8, 4) is 45.4 Å². The molecule has 0 aliphatic heterocycles. The Bertz CT molecular complexity index is 2090. The predicted octanol–water partition coefficient (Wildman–Crippen LogP) is 8.03. The van der Waals surface area contributed by atoms with Gasteiger partial charge in [-0.2, -0.15) is 0 Å². The maximum absolute atomic E-state index is 13.0. The maximum atomic E-state index is 13.0. The highest BCUT2D eigenvalue weighted by Gasteiger charge is 2.19. The number of para-hydroxylation sites is 1. The number of esters is 1. The summed E-state index contributed by atoms with van der Waals surface area (Å²) >= 11 is 1.64. The molecule has 0 spiro atoms. The van der Waals surface area contributed by atoms with E-state index in [1.807, 2.05) is 66.7 Å². The number of nitrogens with zero attached hydrogens (tertiary/aromatic N) is 1. The van der Waals surface area contributed by atoms with Gasteiger partial charge in [0.1, 0.15) is 22.1 Å². The van der Waals surface area contributed by atoms with Crippen molar-refractivity contribution < 1.29 is 28.5 Å². The third-order valence-corrected chi connectivity index (χ3v) is 8.49. The molecule has 47 heavy (non-hydrogen) atoms. The average Bonchev–Trinajstić information content (AvgIpc) is 3.56. The molecule has 0 amide bonds. The first-order valence-corrected chi connectivity index (χ1v) is 15.5. The molecule has 0 aliphatic carbocycles. The molecule has 6 aromatic rings. The van der Waals surface area contributed by atoms with Crippen molar-refractivity contribution in [1.29, 1.82) is 0 Å². The summed E-state index contributed by atoms with van der Waals surface area (Å²) in [5.74, 6) is 7.20. The van der Waals surface area contributed by atoms with Crippen LogP contribution in [0, 0.1) is 11.8 Å². The van der Waals surface area contributed by atoms with Gasteiger partial charge in [0.25, 0.3) is 0 Å². The van der Waals surface area contributed by atoms with Gasteiger partial charge in [-0.15, -0.1) is 11.3 Å². The lowest BCUT2D eigenvalue weighted by Gasteiger charge is -2.13. The number of methoxy groups -OCH3 is 3. The number of carbonyl (C=O) groups excluding carboxylic acids is 2. The van der Waals surface area contributed by atoms with Crippen molar-refractivity contribution in [2.75, 3.05) is 21.3 Å². The van der Waals surface area contributed by atoms with Crippen LogP contribution in [0.2, 0.25) is 0 Å². The predicted molar refractivity (Wildman–Crippen MR) is 183 cm³/mol. The minimum Gasteiger partial charge on any atom is -0.496 e. The van der Waals surface area contributed by atoms with Crippen LogP contribution in [0.1, 0.15) is 37.4 Å². The molecule has 0 bridgehead atoms. The van der Waals surface area contributed by atoms with Gasteiger partial charge in [0.2, 0.25) is 0 Å². The van der Waals surface area contributed by atoms with Gasteiger partial charge in [0.05, 0.1) is 31.5 Å². The van der Waals surface area contributed by atoms with Crippen molar-refractivity contribution in [2.24, 2.45) is 0 Å². The number of Topliss-reactive ketones (excluding diaryl/α,β-unsaturated/α-hetero) is 1. The fourth-order valence-electron chi connectivity index (χ4n) is 4.89. The summed E-state index contributed by atoms with van der Waals surface area (Å²) in [6.07, 6.45) is 0.295. The van der Waals surface area contributed by atoms with Crippen molar-refractivity contribution in [3.63, 3.8) is 0 Å². The van der Waals surface area contributed by atoms with E-state index in [1.165, 1.54) is 27.4 Å². The Morgan fingerprint density at radius 3 is 1.96 bits per heavy atom. The van der Waals surface area contributed by atoms with Crippen LogP contribution in [0.3, 0.4) is 0 Å². The third kappa shape index (κ3) is 7.17. The van der Waals surface area contributed by atoms with Crippen LogP contribution in [0.25, 0.3) is 20.8 Å². The largest absolute Gasteiger partial charge is 0.496 e. The van der Waals surface area contributed by atoms with E-state index in [1.54, 1.807) is 41.7 Å². The van der Waals surface area contributed by atoms with E-state index in [4.69, 9.17) is 23.9 Å². The van der Waals surface area contributed by atoms with Gasteiger partial charge >= 0.3 is 5.97 Å². The van der Waals surface area contributed by atoms with E-state index in [9.17, 15) is 9.59 Å². The highest BCUT2D eigenvalue weighted by molar-refractivity contribution is 7.21. The van der Waals surface area contributed by atoms with Gasteiger partial charge in [-0.25, -0.2) is 9.78 Å². The lowest BCUT2D eigenvalue weighted by Crippen LogP contribution is -2.11. The van der Waals surface area contributed by atoms with E-state index in [0.717, 1.165) is 37.5 Å². The second-order valence-electron chi connectivity index (χ2n) is 10.4. The first-order valence-electron chi connectivity index (χ1n) is 14.7. The number of thiazole rings is 1. The van der Waals surface area contributed by atoms with Crippen molar-refractivity contribution in [3.05, 3.63) is 137 Å². The number of ketones is 1. The van der Waals surface area contributed by atoms with Crippen molar-refractivity contribution in [1.82, 2.24) is 4.98 Å². The Morgan fingerprint density at radius 2 is 1.32 bits per heavy atom. The highest BCUT2D eigenvalue weighted by atomic mass is 32.1. The SMILES string of the molecule is COc1cc(OC)c(C(=O)Oc2ccc(C#Cc3ccc(CC(=O)c4ccc(-c5nc6ccccc6s5)cc4)cc3)cc2)cc1OC. The number of carbonyl (C=O) groups is 2. The summed E-state index contributed by atoms with van der Waals surface area (Å²) in [7, 11) is 4.45. The van der Waals surface area contributed by atoms with Crippen LogP contribution >= 0.6 is 11.3 Å². The molecule has 5 aromatic carbocycles. The van der Waals surface area contributed by atoms with Gasteiger partial charge in [-0.3, -0.25) is 4.79 Å². The van der Waals surface area contributed by atoms with E-state index < -0.39 is 5.97 Å². The third-order valence-electron chi connectivity index (χ3n) is 7.41.